The van der Waals surface area contributed by atoms with Gasteiger partial charge < -0.3 is 23.8 Å². The predicted octanol–water partition coefficient (Wildman–Crippen LogP) is 3.71. The summed E-state index contributed by atoms with van der Waals surface area (Å²) in [5, 5.41) is 2.88. The molecule has 0 aliphatic carbocycles. The van der Waals surface area contributed by atoms with Crippen LogP contribution in [0.1, 0.15) is 53.1 Å². The zero-order valence-corrected chi connectivity index (χ0v) is 18.2. The SMILES string of the molecule is CCOC(=O)C(NC(=O)OC(C)(C)C)c1ccc(P(=O)(OCC)OCC)cc1. The minimum absolute atomic E-state index is 0.160. The Morgan fingerprint density at radius 2 is 1.54 bits per heavy atom. The van der Waals surface area contributed by atoms with Gasteiger partial charge in [0, 0.05) is 0 Å². The van der Waals surface area contributed by atoms with Crippen LogP contribution in [-0.4, -0.2) is 37.5 Å². The molecule has 0 aliphatic heterocycles. The molecule has 1 atom stereocenters. The Kier molecular flexibility index (Phi) is 9.14. The van der Waals surface area contributed by atoms with Gasteiger partial charge in [-0.25, -0.2) is 9.59 Å². The molecule has 1 aromatic carbocycles. The summed E-state index contributed by atoms with van der Waals surface area (Å²) in [5.74, 6) is -0.626. The normalized spacial score (nSPS) is 12.9. The lowest BCUT2D eigenvalue weighted by molar-refractivity contribution is -0.145. The van der Waals surface area contributed by atoms with Crippen LogP contribution in [0.15, 0.2) is 24.3 Å². The molecule has 0 saturated carbocycles. The number of amides is 1. The molecule has 28 heavy (non-hydrogen) atoms. The quantitative estimate of drug-likeness (QED) is 0.485. The second kappa shape index (κ2) is 10.6. The average Bonchev–Trinajstić information content (AvgIpc) is 2.59. The molecule has 9 heteroatoms. The number of alkyl carbamates (subject to hydrolysis) is 1. The lowest BCUT2D eigenvalue weighted by Crippen LogP contribution is -2.38. The molecule has 0 radical (unpaired) electrons. The second-order valence-electron chi connectivity index (χ2n) is 6.76. The van der Waals surface area contributed by atoms with Crippen molar-refractivity contribution in [1.29, 1.82) is 0 Å². The third-order valence-corrected chi connectivity index (χ3v) is 5.45. The fourth-order valence-corrected chi connectivity index (χ4v) is 3.87. The van der Waals surface area contributed by atoms with Crippen LogP contribution in [0.4, 0.5) is 4.79 Å². The molecular weight excluding hydrogens is 385 g/mol. The summed E-state index contributed by atoms with van der Waals surface area (Å²) < 4.78 is 33.7. The first-order valence-corrected chi connectivity index (χ1v) is 10.8. The van der Waals surface area contributed by atoms with Gasteiger partial charge >= 0.3 is 19.7 Å². The Bertz CT molecular complexity index is 687. The number of ether oxygens (including phenoxy) is 2. The van der Waals surface area contributed by atoms with Crippen molar-refractivity contribution in [2.45, 2.75) is 53.2 Å². The number of carbonyl (C=O) groups excluding carboxylic acids is 2. The number of carbonyl (C=O) groups is 2. The number of rotatable bonds is 9. The van der Waals surface area contributed by atoms with Crippen molar-refractivity contribution in [3.63, 3.8) is 0 Å². The minimum atomic E-state index is -3.44. The zero-order chi connectivity index (χ0) is 21.4. The van der Waals surface area contributed by atoms with Gasteiger partial charge in [-0.05, 0) is 59.2 Å². The Morgan fingerprint density at radius 3 is 1.96 bits per heavy atom. The zero-order valence-electron chi connectivity index (χ0n) is 17.3. The smallest absolute Gasteiger partial charge is 0.408 e. The molecule has 1 aromatic rings. The number of esters is 1. The van der Waals surface area contributed by atoms with E-state index in [2.05, 4.69) is 5.32 Å². The molecule has 0 aromatic heterocycles. The summed E-state index contributed by atoms with van der Waals surface area (Å²) in [5.41, 5.74) is -0.262. The second-order valence-corrected chi connectivity index (χ2v) is 8.78. The van der Waals surface area contributed by atoms with Gasteiger partial charge in [0.15, 0.2) is 6.04 Å². The first kappa shape index (κ1) is 24.1. The molecule has 1 unspecified atom stereocenters. The lowest BCUT2D eigenvalue weighted by atomic mass is 10.1. The van der Waals surface area contributed by atoms with Gasteiger partial charge in [0.2, 0.25) is 0 Å². The molecule has 0 saturated heterocycles. The first-order chi connectivity index (χ1) is 13.1. The van der Waals surface area contributed by atoms with Crippen LogP contribution in [0.25, 0.3) is 0 Å². The van der Waals surface area contributed by atoms with Gasteiger partial charge in [-0.2, -0.15) is 0 Å². The summed E-state index contributed by atoms with van der Waals surface area (Å²) in [6.45, 7) is 10.9. The van der Waals surface area contributed by atoms with E-state index < -0.39 is 31.3 Å². The van der Waals surface area contributed by atoms with Crippen molar-refractivity contribution in [2.24, 2.45) is 0 Å². The van der Waals surface area contributed by atoms with Crippen molar-refractivity contribution >= 4 is 25.0 Å². The Morgan fingerprint density at radius 1 is 1.00 bits per heavy atom. The first-order valence-electron chi connectivity index (χ1n) is 9.22. The van der Waals surface area contributed by atoms with Crippen molar-refractivity contribution in [3.8, 4) is 0 Å². The molecule has 0 bridgehead atoms. The van der Waals surface area contributed by atoms with Crippen LogP contribution in [-0.2, 0) is 27.9 Å². The average molecular weight is 415 g/mol. The van der Waals surface area contributed by atoms with Gasteiger partial charge in [0.05, 0.1) is 25.1 Å². The summed E-state index contributed by atoms with van der Waals surface area (Å²) in [6, 6.07) is 5.16. The van der Waals surface area contributed by atoms with Gasteiger partial charge in [-0.3, -0.25) is 4.57 Å². The summed E-state index contributed by atoms with van der Waals surface area (Å²) >= 11 is 0. The molecule has 0 heterocycles. The van der Waals surface area contributed by atoms with E-state index in [0.717, 1.165) is 0 Å². The van der Waals surface area contributed by atoms with Gasteiger partial charge in [0.25, 0.3) is 0 Å². The Balaban J connectivity index is 3.12. The highest BCUT2D eigenvalue weighted by Crippen LogP contribution is 2.46. The van der Waals surface area contributed by atoms with E-state index in [1.165, 1.54) is 0 Å². The summed E-state index contributed by atoms with van der Waals surface area (Å²) in [7, 11) is -3.44. The minimum Gasteiger partial charge on any atom is -0.464 e. The molecule has 8 nitrogen and oxygen atoms in total. The van der Waals surface area contributed by atoms with E-state index in [-0.39, 0.29) is 19.8 Å². The maximum atomic E-state index is 12.8. The molecule has 0 aliphatic rings. The third-order valence-electron chi connectivity index (χ3n) is 3.32. The maximum absolute atomic E-state index is 12.8. The van der Waals surface area contributed by atoms with Crippen molar-refractivity contribution in [1.82, 2.24) is 5.32 Å². The number of benzene rings is 1. The van der Waals surface area contributed by atoms with Crippen LogP contribution in [0.3, 0.4) is 0 Å². The molecular formula is C19H30NO7P. The van der Waals surface area contributed by atoms with Crippen molar-refractivity contribution < 1.29 is 32.7 Å². The maximum Gasteiger partial charge on any atom is 0.408 e. The van der Waals surface area contributed by atoms with Gasteiger partial charge in [0.1, 0.15) is 5.60 Å². The Labute approximate surface area is 166 Å². The van der Waals surface area contributed by atoms with E-state index >= 15 is 0 Å². The summed E-state index contributed by atoms with van der Waals surface area (Å²) in [6.07, 6.45) is -0.746. The fourth-order valence-electron chi connectivity index (χ4n) is 2.30. The lowest BCUT2D eigenvalue weighted by Gasteiger charge is -2.23. The van der Waals surface area contributed by atoms with Crippen LogP contribution in [0.2, 0.25) is 0 Å². The van der Waals surface area contributed by atoms with Crippen molar-refractivity contribution in [2.75, 3.05) is 19.8 Å². The third kappa shape index (κ3) is 7.26. The standard InChI is InChI=1S/C19H30NO7P/c1-7-24-17(21)16(20-18(22)27-19(4,5)6)14-10-12-15(13-11-14)28(23,25-8-2)26-9-3/h10-13,16H,7-9H2,1-6H3,(H,20,22). The predicted molar refractivity (Wildman–Crippen MR) is 106 cm³/mol. The van der Waals surface area contributed by atoms with E-state index in [0.29, 0.717) is 10.9 Å². The molecule has 0 fully saturated rings. The van der Waals surface area contributed by atoms with E-state index in [4.69, 9.17) is 18.5 Å². The topological polar surface area (TPSA) is 100 Å². The number of hydrogen-bond acceptors (Lipinski definition) is 7. The van der Waals surface area contributed by atoms with E-state index in [1.54, 1.807) is 65.8 Å². The van der Waals surface area contributed by atoms with E-state index in [1.807, 2.05) is 0 Å². The van der Waals surface area contributed by atoms with Crippen LogP contribution < -0.4 is 10.6 Å². The van der Waals surface area contributed by atoms with Crippen LogP contribution >= 0.6 is 7.60 Å². The molecule has 158 valence electrons. The molecule has 0 spiro atoms. The Hall–Kier alpha value is -1.89. The molecule has 1 rings (SSSR count). The van der Waals surface area contributed by atoms with Gasteiger partial charge in [-0.15, -0.1) is 0 Å². The highest BCUT2D eigenvalue weighted by Gasteiger charge is 2.30. The van der Waals surface area contributed by atoms with Gasteiger partial charge in [-0.1, -0.05) is 12.1 Å². The number of nitrogens with one attached hydrogen (secondary N) is 1. The fraction of sp³-hybridized carbons (Fsp3) is 0.579. The van der Waals surface area contributed by atoms with Crippen molar-refractivity contribution in [3.05, 3.63) is 29.8 Å². The molecule has 1 amide bonds. The highest BCUT2D eigenvalue weighted by atomic mass is 31.2. The largest absolute Gasteiger partial charge is 0.464 e. The van der Waals surface area contributed by atoms with E-state index in [9.17, 15) is 14.2 Å². The van der Waals surface area contributed by atoms with Crippen LogP contribution in [0.5, 0.6) is 0 Å². The monoisotopic (exact) mass is 415 g/mol. The highest BCUT2D eigenvalue weighted by molar-refractivity contribution is 7.62. The summed E-state index contributed by atoms with van der Waals surface area (Å²) in [4.78, 5) is 24.5. The van der Waals surface area contributed by atoms with Crippen LogP contribution in [0, 0.1) is 0 Å². The number of hydrogen-bond donors (Lipinski definition) is 1. The molecule has 1 N–H and O–H groups in total.